The van der Waals surface area contributed by atoms with Crippen LogP contribution in [0.4, 0.5) is 0 Å². The van der Waals surface area contributed by atoms with Gasteiger partial charge in [0, 0.05) is 0 Å². The van der Waals surface area contributed by atoms with Gasteiger partial charge in [0.15, 0.2) is 0 Å². The molecule has 3 aliphatic carbocycles. The molecular weight excluding hydrogens is 216 g/mol. The molecule has 0 saturated heterocycles. The topological polar surface area (TPSA) is 0 Å². The number of rotatable bonds is 5. The summed E-state index contributed by atoms with van der Waals surface area (Å²) in [6, 6.07) is 0. The Kier molecular flexibility index (Phi) is 4.01. The highest BCUT2D eigenvalue weighted by molar-refractivity contribution is 5.04. The zero-order valence-electron chi connectivity index (χ0n) is 12.4. The number of unbranched alkanes of at least 4 members (excludes halogenated alkanes) is 2. The van der Waals surface area contributed by atoms with Gasteiger partial charge in [-0.05, 0) is 55.3 Å². The first-order valence-corrected chi connectivity index (χ1v) is 8.87. The lowest BCUT2D eigenvalue weighted by molar-refractivity contribution is -0.00397. The third kappa shape index (κ3) is 2.14. The van der Waals surface area contributed by atoms with Gasteiger partial charge in [-0.1, -0.05) is 58.3 Å². The molecule has 3 rings (SSSR count). The molecule has 0 aliphatic heterocycles. The fourth-order valence-electron chi connectivity index (χ4n) is 5.76. The molecule has 0 heteroatoms. The SMILES string of the molecule is CCCCCC1CCC(C2CCCC2)C12CCC2. The van der Waals surface area contributed by atoms with E-state index in [1.54, 1.807) is 51.4 Å². The molecule has 0 N–H and O–H groups in total. The fourth-order valence-corrected chi connectivity index (χ4v) is 5.76. The maximum Gasteiger partial charge on any atom is -0.0238 e. The van der Waals surface area contributed by atoms with E-state index in [9.17, 15) is 0 Å². The van der Waals surface area contributed by atoms with Crippen LogP contribution in [0.2, 0.25) is 0 Å². The Bertz CT molecular complexity index is 257. The maximum atomic E-state index is 2.34. The molecule has 1 spiro atoms. The van der Waals surface area contributed by atoms with Crippen molar-refractivity contribution in [1.29, 1.82) is 0 Å². The zero-order valence-corrected chi connectivity index (χ0v) is 12.4. The van der Waals surface area contributed by atoms with E-state index in [2.05, 4.69) is 6.92 Å². The summed E-state index contributed by atoms with van der Waals surface area (Å²) >= 11 is 0. The summed E-state index contributed by atoms with van der Waals surface area (Å²) in [5.74, 6) is 3.42. The van der Waals surface area contributed by atoms with Gasteiger partial charge in [-0.15, -0.1) is 0 Å². The van der Waals surface area contributed by atoms with Crippen LogP contribution in [0.15, 0.2) is 0 Å². The van der Waals surface area contributed by atoms with Gasteiger partial charge in [-0.2, -0.15) is 0 Å². The van der Waals surface area contributed by atoms with Gasteiger partial charge in [0.25, 0.3) is 0 Å². The van der Waals surface area contributed by atoms with E-state index in [0.717, 1.165) is 23.2 Å². The van der Waals surface area contributed by atoms with E-state index < -0.39 is 0 Å². The Labute approximate surface area is 114 Å². The van der Waals surface area contributed by atoms with Crippen LogP contribution in [0.25, 0.3) is 0 Å². The Hall–Kier alpha value is 0. The lowest BCUT2D eigenvalue weighted by Crippen LogP contribution is -2.41. The van der Waals surface area contributed by atoms with Crippen molar-refractivity contribution in [3.63, 3.8) is 0 Å². The van der Waals surface area contributed by atoms with Gasteiger partial charge in [0.2, 0.25) is 0 Å². The minimum atomic E-state index is 0.864. The molecule has 3 fully saturated rings. The quantitative estimate of drug-likeness (QED) is 0.527. The predicted molar refractivity (Wildman–Crippen MR) is 78.6 cm³/mol. The number of hydrogen-bond acceptors (Lipinski definition) is 0. The summed E-state index contributed by atoms with van der Waals surface area (Å²) in [4.78, 5) is 0. The standard InChI is InChI=1S/C18H32/c1-2-3-4-10-16-11-12-17(15-8-5-6-9-15)18(16)13-7-14-18/h15-17H,2-14H2,1H3. The highest BCUT2D eigenvalue weighted by atomic mass is 14.6. The molecule has 0 nitrogen and oxygen atoms in total. The summed E-state index contributed by atoms with van der Waals surface area (Å²) in [6.07, 6.45) is 20.1. The summed E-state index contributed by atoms with van der Waals surface area (Å²) in [5.41, 5.74) is 0.864. The maximum absolute atomic E-state index is 2.34. The third-order valence-corrected chi connectivity index (χ3v) is 6.79. The van der Waals surface area contributed by atoms with Crippen LogP contribution in [0.1, 0.15) is 90.4 Å². The molecule has 0 bridgehead atoms. The summed E-state index contributed by atoms with van der Waals surface area (Å²) in [6.45, 7) is 2.34. The highest BCUT2D eigenvalue weighted by Crippen LogP contribution is 2.64. The van der Waals surface area contributed by atoms with Crippen molar-refractivity contribution in [3.05, 3.63) is 0 Å². The number of hydrogen-bond donors (Lipinski definition) is 0. The van der Waals surface area contributed by atoms with Crippen LogP contribution in [0.5, 0.6) is 0 Å². The van der Waals surface area contributed by atoms with Crippen molar-refractivity contribution in [2.75, 3.05) is 0 Å². The molecule has 0 amide bonds. The van der Waals surface area contributed by atoms with E-state index >= 15 is 0 Å². The van der Waals surface area contributed by atoms with Crippen molar-refractivity contribution in [1.82, 2.24) is 0 Å². The first kappa shape index (κ1) is 13.0. The first-order chi connectivity index (χ1) is 8.87. The second-order valence-corrected chi connectivity index (χ2v) is 7.51. The van der Waals surface area contributed by atoms with Gasteiger partial charge >= 0.3 is 0 Å². The molecular formula is C18H32. The van der Waals surface area contributed by atoms with E-state index in [-0.39, 0.29) is 0 Å². The van der Waals surface area contributed by atoms with Gasteiger partial charge in [-0.25, -0.2) is 0 Å². The minimum Gasteiger partial charge on any atom is -0.0654 e. The summed E-state index contributed by atoms with van der Waals surface area (Å²) in [5, 5.41) is 0. The van der Waals surface area contributed by atoms with Crippen LogP contribution in [0, 0.1) is 23.2 Å². The normalized spacial score (nSPS) is 35.2. The second kappa shape index (κ2) is 5.55. The van der Waals surface area contributed by atoms with Crippen molar-refractivity contribution in [2.24, 2.45) is 23.2 Å². The molecule has 2 atom stereocenters. The molecule has 0 aromatic heterocycles. The molecule has 0 aromatic carbocycles. The van der Waals surface area contributed by atoms with Gasteiger partial charge < -0.3 is 0 Å². The van der Waals surface area contributed by atoms with E-state index in [4.69, 9.17) is 0 Å². The lowest BCUT2D eigenvalue weighted by atomic mass is 9.55. The molecule has 0 radical (unpaired) electrons. The van der Waals surface area contributed by atoms with Crippen LogP contribution in [-0.2, 0) is 0 Å². The van der Waals surface area contributed by atoms with Gasteiger partial charge in [-0.3, -0.25) is 0 Å². The lowest BCUT2D eigenvalue weighted by Gasteiger charge is -2.50. The summed E-state index contributed by atoms with van der Waals surface area (Å²) in [7, 11) is 0. The Balaban J connectivity index is 1.62. The van der Waals surface area contributed by atoms with E-state index in [0.29, 0.717) is 0 Å². The molecule has 2 unspecified atom stereocenters. The smallest absolute Gasteiger partial charge is 0.0238 e. The van der Waals surface area contributed by atoms with Crippen LogP contribution in [-0.4, -0.2) is 0 Å². The Morgan fingerprint density at radius 3 is 2.28 bits per heavy atom. The third-order valence-electron chi connectivity index (χ3n) is 6.79. The second-order valence-electron chi connectivity index (χ2n) is 7.51. The first-order valence-electron chi connectivity index (χ1n) is 8.87. The van der Waals surface area contributed by atoms with Gasteiger partial charge in [0.1, 0.15) is 0 Å². The van der Waals surface area contributed by atoms with E-state index in [1.807, 2.05) is 0 Å². The monoisotopic (exact) mass is 248 g/mol. The highest BCUT2D eigenvalue weighted by Gasteiger charge is 2.54. The average Bonchev–Trinajstić information content (AvgIpc) is 2.94. The van der Waals surface area contributed by atoms with Crippen molar-refractivity contribution < 1.29 is 0 Å². The van der Waals surface area contributed by atoms with Gasteiger partial charge in [0.05, 0.1) is 0 Å². The molecule has 0 heterocycles. The van der Waals surface area contributed by atoms with Crippen molar-refractivity contribution >= 4 is 0 Å². The van der Waals surface area contributed by atoms with Crippen LogP contribution >= 0.6 is 0 Å². The molecule has 3 saturated carbocycles. The average molecular weight is 248 g/mol. The van der Waals surface area contributed by atoms with Crippen molar-refractivity contribution in [3.8, 4) is 0 Å². The molecule has 104 valence electrons. The molecule has 3 aliphatic rings. The fraction of sp³-hybridized carbons (Fsp3) is 1.00. The van der Waals surface area contributed by atoms with Crippen LogP contribution < -0.4 is 0 Å². The summed E-state index contributed by atoms with van der Waals surface area (Å²) < 4.78 is 0. The van der Waals surface area contributed by atoms with E-state index in [1.165, 1.54) is 32.1 Å². The van der Waals surface area contributed by atoms with Crippen molar-refractivity contribution in [2.45, 2.75) is 90.4 Å². The molecule has 18 heavy (non-hydrogen) atoms. The Morgan fingerprint density at radius 1 is 0.889 bits per heavy atom. The largest absolute Gasteiger partial charge is 0.0654 e. The minimum absolute atomic E-state index is 0.864. The van der Waals surface area contributed by atoms with Crippen LogP contribution in [0.3, 0.4) is 0 Å². The zero-order chi connectivity index (χ0) is 12.4. The molecule has 0 aromatic rings. The Morgan fingerprint density at radius 2 is 1.67 bits per heavy atom. The predicted octanol–water partition coefficient (Wildman–Crippen LogP) is 5.95.